The zero-order chi connectivity index (χ0) is 23.8. The summed E-state index contributed by atoms with van der Waals surface area (Å²) < 4.78 is 79.9. The highest BCUT2D eigenvalue weighted by Crippen LogP contribution is 2.36. The van der Waals surface area contributed by atoms with Gasteiger partial charge in [0, 0.05) is 19.0 Å². The van der Waals surface area contributed by atoms with Crippen molar-refractivity contribution in [1.29, 1.82) is 0 Å². The maximum absolute atomic E-state index is 13.2. The molecular formula is C20H18F6N4OS. The van der Waals surface area contributed by atoms with E-state index in [2.05, 4.69) is 15.6 Å². The van der Waals surface area contributed by atoms with E-state index in [-0.39, 0.29) is 28.0 Å². The number of imidazole rings is 1. The number of aromatic nitrogens is 2. The third-order valence-corrected chi connectivity index (χ3v) is 5.58. The van der Waals surface area contributed by atoms with E-state index in [1.165, 1.54) is 44.1 Å². The fourth-order valence-corrected chi connectivity index (χ4v) is 3.97. The molecule has 3 aromatic rings. The minimum atomic E-state index is -4.69. The van der Waals surface area contributed by atoms with Crippen LogP contribution in [0.15, 0.2) is 35.2 Å². The van der Waals surface area contributed by atoms with Crippen molar-refractivity contribution in [2.45, 2.75) is 24.2 Å². The summed E-state index contributed by atoms with van der Waals surface area (Å²) in [5, 5.41) is 5.13. The third-order valence-electron chi connectivity index (χ3n) is 4.64. The summed E-state index contributed by atoms with van der Waals surface area (Å²) in [4.78, 5) is 17.0. The molecule has 3 rings (SSSR count). The number of amides is 1. The van der Waals surface area contributed by atoms with Gasteiger partial charge in [0.25, 0.3) is 5.91 Å². The number of thioether (sulfide) groups is 1. The molecule has 0 unspecified atom stereocenters. The predicted octanol–water partition coefficient (Wildman–Crippen LogP) is 6.02. The zero-order valence-corrected chi connectivity index (χ0v) is 17.9. The van der Waals surface area contributed by atoms with Crippen LogP contribution in [0.1, 0.15) is 28.7 Å². The molecule has 1 heterocycles. The standard InChI is InChI=1S/C20H18F6N4OS/c1-4-32-16-9-15-14(29-18(30(15)3)20(24,25)26)8-11(16)17(31)28-13-7-10(19(21,22)23)5-6-12(13)27-2/h5-9,27H,4H2,1-3H3,(H,28,31). The topological polar surface area (TPSA) is 59.0 Å². The molecule has 0 saturated carbocycles. The van der Waals surface area contributed by atoms with Crippen LogP contribution in [0.4, 0.5) is 37.7 Å². The van der Waals surface area contributed by atoms with Crippen molar-refractivity contribution in [1.82, 2.24) is 9.55 Å². The maximum atomic E-state index is 13.2. The molecule has 0 atom stereocenters. The number of nitrogens with zero attached hydrogens (tertiary/aromatic N) is 2. The molecule has 2 aromatic carbocycles. The second kappa shape index (κ2) is 8.57. The van der Waals surface area contributed by atoms with Gasteiger partial charge in [-0.2, -0.15) is 26.3 Å². The first-order valence-electron chi connectivity index (χ1n) is 9.27. The summed E-state index contributed by atoms with van der Waals surface area (Å²) in [6.07, 6.45) is -9.30. The number of carbonyl (C=O) groups excluding carboxylic acids is 1. The van der Waals surface area contributed by atoms with E-state index in [9.17, 15) is 31.1 Å². The Morgan fingerprint density at radius 3 is 2.31 bits per heavy atom. The van der Waals surface area contributed by atoms with Gasteiger partial charge in [0.15, 0.2) is 0 Å². The molecule has 172 valence electrons. The Labute approximate surface area is 183 Å². The summed E-state index contributed by atoms with van der Waals surface area (Å²) >= 11 is 1.22. The van der Waals surface area contributed by atoms with Gasteiger partial charge in [-0.05, 0) is 36.1 Å². The highest BCUT2D eigenvalue weighted by Gasteiger charge is 2.37. The molecule has 5 nitrogen and oxygen atoms in total. The molecule has 1 aromatic heterocycles. The van der Waals surface area contributed by atoms with Crippen LogP contribution in [-0.2, 0) is 19.4 Å². The largest absolute Gasteiger partial charge is 0.449 e. The molecule has 0 aliphatic heterocycles. The minimum absolute atomic E-state index is 0.00985. The van der Waals surface area contributed by atoms with Crippen LogP contribution in [0, 0.1) is 0 Å². The molecule has 0 bridgehead atoms. The summed E-state index contributed by atoms with van der Waals surface area (Å²) in [5.41, 5.74) is -0.685. The van der Waals surface area contributed by atoms with Crippen molar-refractivity contribution in [2.75, 3.05) is 23.4 Å². The van der Waals surface area contributed by atoms with E-state index in [1.54, 1.807) is 6.92 Å². The zero-order valence-electron chi connectivity index (χ0n) is 17.1. The Hall–Kier alpha value is -2.89. The van der Waals surface area contributed by atoms with Crippen molar-refractivity contribution in [3.05, 3.63) is 47.3 Å². The Morgan fingerprint density at radius 1 is 1.06 bits per heavy atom. The van der Waals surface area contributed by atoms with Crippen LogP contribution in [0.25, 0.3) is 11.0 Å². The second-order valence-electron chi connectivity index (χ2n) is 6.72. The van der Waals surface area contributed by atoms with Crippen LogP contribution in [0.3, 0.4) is 0 Å². The van der Waals surface area contributed by atoms with Crippen LogP contribution in [0.2, 0.25) is 0 Å². The van der Waals surface area contributed by atoms with E-state index >= 15 is 0 Å². The van der Waals surface area contributed by atoms with E-state index in [0.717, 1.165) is 16.7 Å². The number of alkyl halides is 6. The molecule has 0 radical (unpaired) electrons. The average molecular weight is 476 g/mol. The van der Waals surface area contributed by atoms with Gasteiger partial charge in [0.1, 0.15) is 0 Å². The molecule has 12 heteroatoms. The lowest BCUT2D eigenvalue weighted by molar-refractivity contribution is -0.146. The lowest BCUT2D eigenvalue weighted by Gasteiger charge is -2.15. The van der Waals surface area contributed by atoms with Crippen LogP contribution >= 0.6 is 11.8 Å². The van der Waals surface area contributed by atoms with Crippen LogP contribution in [0.5, 0.6) is 0 Å². The first kappa shape index (κ1) is 23.8. The number of aryl methyl sites for hydroxylation is 1. The first-order chi connectivity index (χ1) is 14.9. The Balaban J connectivity index is 2.09. The van der Waals surface area contributed by atoms with E-state index in [1.807, 2.05) is 0 Å². The number of hydrogen-bond donors (Lipinski definition) is 2. The van der Waals surface area contributed by atoms with E-state index < -0.39 is 29.6 Å². The molecule has 2 N–H and O–H groups in total. The van der Waals surface area contributed by atoms with Crippen molar-refractivity contribution in [3.63, 3.8) is 0 Å². The van der Waals surface area contributed by atoms with Crippen molar-refractivity contribution >= 4 is 40.1 Å². The van der Waals surface area contributed by atoms with Crippen molar-refractivity contribution < 1.29 is 31.1 Å². The number of carbonyl (C=O) groups is 1. The molecule has 1 amide bonds. The minimum Gasteiger partial charge on any atom is -0.386 e. The molecular weight excluding hydrogens is 458 g/mol. The van der Waals surface area contributed by atoms with Crippen molar-refractivity contribution in [3.8, 4) is 0 Å². The van der Waals surface area contributed by atoms with Crippen LogP contribution in [-0.4, -0.2) is 28.3 Å². The van der Waals surface area contributed by atoms with Gasteiger partial charge < -0.3 is 15.2 Å². The molecule has 0 aliphatic rings. The lowest BCUT2D eigenvalue weighted by atomic mass is 10.1. The van der Waals surface area contributed by atoms with Gasteiger partial charge in [-0.25, -0.2) is 4.98 Å². The number of rotatable bonds is 5. The summed E-state index contributed by atoms with van der Waals surface area (Å²) in [7, 11) is 2.70. The molecule has 0 saturated heterocycles. The molecule has 32 heavy (non-hydrogen) atoms. The Morgan fingerprint density at radius 2 is 1.75 bits per heavy atom. The summed E-state index contributed by atoms with van der Waals surface area (Å²) in [6, 6.07) is 5.48. The number of anilines is 2. The monoisotopic (exact) mass is 476 g/mol. The van der Waals surface area contributed by atoms with Gasteiger partial charge in [-0.3, -0.25) is 4.79 Å². The lowest BCUT2D eigenvalue weighted by Crippen LogP contribution is -2.15. The van der Waals surface area contributed by atoms with Gasteiger partial charge in [0.2, 0.25) is 5.82 Å². The average Bonchev–Trinajstić information content (AvgIpc) is 3.03. The smallest absolute Gasteiger partial charge is 0.386 e. The van der Waals surface area contributed by atoms with Crippen molar-refractivity contribution in [2.24, 2.45) is 7.05 Å². The van der Waals surface area contributed by atoms with Gasteiger partial charge in [-0.1, -0.05) is 6.92 Å². The highest BCUT2D eigenvalue weighted by molar-refractivity contribution is 7.99. The molecule has 0 aliphatic carbocycles. The Bertz CT molecular complexity index is 1170. The maximum Gasteiger partial charge on any atom is 0.449 e. The van der Waals surface area contributed by atoms with E-state index in [4.69, 9.17) is 0 Å². The van der Waals surface area contributed by atoms with Gasteiger partial charge in [-0.15, -0.1) is 11.8 Å². The molecule has 0 spiro atoms. The number of hydrogen-bond acceptors (Lipinski definition) is 4. The second-order valence-corrected chi connectivity index (χ2v) is 8.03. The highest BCUT2D eigenvalue weighted by atomic mass is 32.2. The number of benzene rings is 2. The fourth-order valence-electron chi connectivity index (χ4n) is 3.16. The molecule has 0 fully saturated rings. The normalized spacial score (nSPS) is 12.3. The summed E-state index contributed by atoms with van der Waals surface area (Å²) in [6.45, 7) is 1.80. The van der Waals surface area contributed by atoms with Crippen LogP contribution < -0.4 is 10.6 Å². The Kier molecular flexibility index (Phi) is 6.36. The summed E-state index contributed by atoms with van der Waals surface area (Å²) in [5.74, 6) is -1.37. The number of nitrogens with one attached hydrogen (secondary N) is 2. The SMILES string of the molecule is CCSc1cc2c(cc1C(=O)Nc1cc(C(F)(F)F)ccc1NC)nc(C(F)(F)F)n2C. The quantitative estimate of drug-likeness (QED) is 0.350. The van der Waals surface area contributed by atoms with E-state index in [0.29, 0.717) is 10.6 Å². The number of halogens is 6. The first-order valence-corrected chi connectivity index (χ1v) is 10.3. The van der Waals surface area contributed by atoms with Gasteiger partial charge >= 0.3 is 12.4 Å². The number of fused-ring (bicyclic) bond motifs is 1. The fraction of sp³-hybridized carbons (Fsp3) is 0.300. The van der Waals surface area contributed by atoms with Gasteiger partial charge in [0.05, 0.1) is 33.5 Å². The predicted molar refractivity (Wildman–Crippen MR) is 111 cm³/mol. The third kappa shape index (κ3) is 4.64.